The molecule has 1 N–H and O–H groups in total. The summed E-state index contributed by atoms with van der Waals surface area (Å²) in [6.45, 7) is 3.29. The van der Waals surface area contributed by atoms with E-state index in [-0.39, 0.29) is 5.91 Å². The number of ether oxygens (including phenoxy) is 1. The monoisotopic (exact) mass is 280 g/mol. The first kappa shape index (κ1) is 14.3. The summed E-state index contributed by atoms with van der Waals surface area (Å²) in [5.74, 6) is 1.11. The zero-order valence-electron chi connectivity index (χ0n) is 12.5. The molecule has 0 bridgehead atoms. The quantitative estimate of drug-likeness (QED) is 0.808. The van der Waals surface area contributed by atoms with Crippen LogP contribution in [0.3, 0.4) is 0 Å². The second-order valence-electron chi connectivity index (χ2n) is 6.70. The Morgan fingerprint density at radius 2 is 1.65 bits per heavy atom. The van der Waals surface area contributed by atoms with Crippen LogP contribution in [0.2, 0.25) is 0 Å². The fourth-order valence-corrected chi connectivity index (χ4v) is 3.35. The molecule has 114 valence electrons. The topological polar surface area (TPSA) is 41.6 Å². The average molecular weight is 280 g/mol. The summed E-state index contributed by atoms with van der Waals surface area (Å²) in [5, 5.41) is 3.29. The average Bonchev–Trinajstić information content (AvgIpc) is 3.15. The lowest BCUT2D eigenvalue weighted by molar-refractivity contribution is -0.133. The van der Waals surface area contributed by atoms with Crippen molar-refractivity contribution in [2.75, 3.05) is 26.2 Å². The standard InChI is InChI=1S/C16H28N2O2/c19-16(12-17-11-13-5-6-13)18-9-7-15(8-10-18)20-14-3-1-2-4-14/h13-15,17H,1-12H2. The zero-order chi connectivity index (χ0) is 13.8. The van der Waals surface area contributed by atoms with Gasteiger partial charge in [0.15, 0.2) is 0 Å². The summed E-state index contributed by atoms with van der Waals surface area (Å²) in [6.07, 6.45) is 10.7. The van der Waals surface area contributed by atoms with E-state index in [0.717, 1.165) is 38.4 Å². The maximum absolute atomic E-state index is 12.1. The third-order valence-electron chi connectivity index (χ3n) is 4.89. The molecule has 0 aromatic rings. The fourth-order valence-electron chi connectivity index (χ4n) is 3.35. The van der Waals surface area contributed by atoms with Gasteiger partial charge < -0.3 is 15.0 Å². The summed E-state index contributed by atoms with van der Waals surface area (Å²) < 4.78 is 6.15. The molecular weight excluding hydrogens is 252 g/mol. The molecule has 0 atom stereocenters. The molecule has 0 unspecified atom stereocenters. The maximum Gasteiger partial charge on any atom is 0.236 e. The molecule has 0 aromatic heterocycles. The van der Waals surface area contributed by atoms with Crippen molar-refractivity contribution in [3.8, 4) is 0 Å². The number of rotatable bonds is 6. The van der Waals surface area contributed by atoms with Crippen LogP contribution in [0.1, 0.15) is 51.4 Å². The van der Waals surface area contributed by atoms with Gasteiger partial charge in [-0.15, -0.1) is 0 Å². The molecular formula is C16H28N2O2. The van der Waals surface area contributed by atoms with Gasteiger partial charge in [-0.1, -0.05) is 12.8 Å². The van der Waals surface area contributed by atoms with E-state index in [9.17, 15) is 4.79 Å². The lowest BCUT2D eigenvalue weighted by Crippen LogP contribution is -2.45. The Hall–Kier alpha value is -0.610. The van der Waals surface area contributed by atoms with Crippen molar-refractivity contribution in [2.45, 2.75) is 63.6 Å². The molecule has 3 fully saturated rings. The number of nitrogens with one attached hydrogen (secondary N) is 1. The number of hydrogen-bond donors (Lipinski definition) is 1. The van der Waals surface area contributed by atoms with Crippen molar-refractivity contribution in [3.63, 3.8) is 0 Å². The lowest BCUT2D eigenvalue weighted by atomic mass is 10.1. The molecule has 0 spiro atoms. The second-order valence-corrected chi connectivity index (χ2v) is 6.70. The van der Waals surface area contributed by atoms with E-state index >= 15 is 0 Å². The van der Waals surface area contributed by atoms with Crippen LogP contribution in [0.25, 0.3) is 0 Å². The third-order valence-corrected chi connectivity index (χ3v) is 4.89. The molecule has 2 aliphatic carbocycles. The van der Waals surface area contributed by atoms with Gasteiger partial charge in [0.25, 0.3) is 0 Å². The van der Waals surface area contributed by atoms with Crippen molar-refractivity contribution >= 4 is 5.91 Å². The third kappa shape index (κ3) is 4.19. The van der Waals surface area contributed by atoms with E-state index < -0.39 is 0 Å². The molecule has 4 nitrogen and oxygen atoms in total. The molecule has 1 heterocycles. The first-order chi connectivity index (χ1) is 9.81. The highest BCUT2D eigenvalue weighted by molar-refractivity contribution is 5.78. The minimum absolute atomic E-state index is 0.268. The molecule has 0 radical (unpaired) electrons. The Labute approximate surface area is 122 Å². The van der Waals surface area contributed by atoms with Crippen LogP contribution in [0, 0.1) is 5.92 Å². The van der Waals surface area contributed by atoms with Crippen LogP contribution in [0.5, 0.6) is 0 Å². The van der Waals surface area contributed by atoms with Gasteiger partial charge in [-0.25, -0.2) is 0 Å². The van der Waals surface area contributed by atoms with Gasteiger partial charge in [-0.3, -0.25) is 4.79 Å². The van der Waals surface area contributed by atoms with Crippen molar-refractivity contribution in [3.05, 3.63) is 0 Å². The van der Waals surface area contributed by atoms with Gasteiger partial charge in [-0.05, 0) is 51.0 Å². The van der Waals surface area contributed by atoms with Gasteiger partial charge in [0.05, 0.1) is 18.8 Å². The highest BCUT2D eigenvalue weighted by atomic mass is 16.5. The zero-order valence-corrected chi connectivity index (χ0v) is 12.5. The molecule has 3 aliphatic rings. The second kappa shape index (κ2) is 6.90. The molecule has 2 saturated carbocycles. The number of nitrogens with zero attached hydrogens (tertiary/aromatic N) is 1. The van der Waals surface area contributed by atoms with Crippen molar-refractivity contribution in [1.82, 2.24) is 10.2 Å². The number of hydrogen-bond acceptors (Lipinski definition) is 3. The summed E-state index contributed by atoms with van der Waals surface area (Å²) >= 11 is 0. The highest BCUT2D eigenvalue weighted by Crippen LogP contribution is 2.27. The van der Waals surface area contributed by atoms with Crippen LogP contribution in [-0.2, 0) is 9.53 Å². The van der Waals surface area contributed by atoms with E-state index in [2.05, 4.69) is 5.32 Å². The van der Waals surface area contributed by atoms with Gasteiger partial charge in [0, 0.05) is 13.1 Å². The summed E-state index contributed by atoms with van der Waals surface area (Å²) in [5.41, 5.74) is 0. The van der Waals surface area contributed by atoms with Crippen molar-refractivity contribution in [2.24, 2.45) is 5.92 Å². The summed E-state index contributed by atoms with van der Waals surface area (Å²) in [4.78, 5) is 14.1. The minimum atomic E-state index is 0.268. The van der Waals surface area contributed by atoms with Crippen molar-refractivity contribution < 1.29 is 9.53 Å². The van der Waals surface area contributed by atoms with Crippen molar-refractivity contribution in [1.29, 1.82) is 0 Å². The molecule has 20 heavy (non-hydrogen) atoms. The van der Waals surface area contributed by atoms with Crippen LogP contribution in [0.4, 0.5) is 0 Å². The van der Waals surface area contributed by atoms with Gasteiger partial charge >= 0.3 is 0 Å². The number of carbonyl (C=O) groups excluding carboxylic acids is 1. The van der Waals surface area contributed by atoms with E-state index in [1.54, 1.807) is 0 Å². The number of carbonyl (C=O) groups is 1. The Kier molecular flexibility index (Phi) is 4.94. The van der Waals surface area contributed by atoms with E-state index in [4.69, 9.17) is 4.74 Å². The minimum Gasteiger partial charge on any atom is -0.375 e. The van der Waals surface area contributed by atoms with Crippen LogP contribution in [0.15, 0.2) is 0 Å². The Bertz CT molecular complexity index is 316. The van der Waals surface area contributed by atoms with Gasteiger partial charge in [0.1, 0.15) is 0 Å². The Morgan fingerprint density at radius 3 is 2.30 bits per heavy atom. The summed E-state index contributed by atoms with van der Waals surface area (Å²) in [7, 11) is 0. The molecule has 1 aliphatic heterocycles. The maximum atomic E-state index is 12.1. The van der Waals surface area contributed by atoms with Gasteiger partial charge in [-0.2, -0.15) is 0 Å². The highest BCUT2D eigenvalue weighted by Gasteiger charge is 2.27. The molecule has 1 saturated heterocycles. The normalized spacial score (nSPS) is 25.3. The van der Waals surface area contributed by atoms with Crippen LogP contribution in [-0.4, -0.2) is 49.2 Å². The largest absolute Gasteiger partial charge is 0.375 e. The van der Waals surface area contributed by atoms with Crippen LogP contribution >= 0.6 is 0 Å². The number of piperidine rings is 1. The summed E-state index contributed by atoms with van der Waals surface area (Å²) in [6, 6.07) is 0. The Balaban J connectivity index is 1.31. The SMILES string of the molecule is O=C(CNCC1CC1)N1CCC(OC2CCCC2)CC1. The Morgan fingerprint density at radius 1 is 1.00 bits per heavy atom. The van der Waals surface area contributed by atoms with E-state index in [1.807, 2.05) is 4.90 Å². The molecule has 1 amide bonds. The van der Waals surface area contributed by atoms with E-state index in [1.165, 1.54) is 38.5 Å². The molecule has 3 rings (SSSR count). The fraction of sp³-hybridized carbons (Fsp3) is 0.938. The number of amides is 1. The van der Waals surface area contributed by atoms with Gasteiger partial charge in [0.2, 0.25) is 5.91 Å². The lowest BCUT2D eigenvalue weighted by Gasteiger charge is -2.33. The predicted octanol–water partition coefficient (Wildman–Crippen LogP) is 1.94. The predicted molar refractivity (Wildman–Crippen MR) is 78.5 cm³/mol. The molecule has 0 aromatic carbocycles. The van der Waals surface area contributed by atoms with Crippen LogP contribution < -0.4 is 5.32 Å². The molecule has 4 heteroatoms. The van der Waals surface area contributed by atoms with E-state index in [0.29, 0.717) is 18.8 Å². The number of likely N-dealkylation sites (tertiary alicyclic amines) is 1. The first-order valence-electron chi connectivity index (χ1n) is 8.45. The first-order valence-corrected chi connectivity index (χ1v) is 8.45. The smallest absolute Gasteiger partial charge is 0.236 e.